The number of pyridine rings is 1. The van der Waals surface area contributed by atoms with E-state index in [9.17, 15) is 4.79 Å². The van der Waals surface area contributed by atoms with Crippen LogP contribution < -0.4 is 16.4 Å². The molecule has 2 fully saturated rings. The number of aromatic nitrogens is 3. The van der Waals surface area contributed by atoms with Gasteiger partial charge in [0.15, 0.2) is 11.6 Å². The summed E-state index contributed by atoms with van der Waals surface area (Å²) in [4.78, 5) is 26.7. The summed E-state index contributed by atoms with van der Waals surface area (Å²) >= 11 is 0. The van der Waals surface area contributed by atoms with Crippen molar-refractivity contribution in [3.63, 3.8) is 0 Å². The van der Waals surface area contributed by atoms with Crippen LogP contribution in [0.2, 0.25) is 0 Å². The fraction of sp³-hybridized carbons (Fsp3) is 0.429. The number of Topliss-reactive ketones (excluding diaryl/α,β-unsaturated/α-hetero) is 1. The molecule has 0 saturated heterocycles. The molecule has 0 unspecified atom stereocenters. The Bertz CT molecular complexity index is 1100. The fourth-order valence-corrected chi connectivity index (χ4v) is 3.30. The third-order valence-corrected chi connectivity index (χ3v) is 5.21. The van der Waals surface area contributed by atoms with Crippen molar-refractivity contribution < 1.29 is 4.79 Å². The standard InChI is InChI=1S/C21H24N6O/c1-21(2,22)18(28)11-3-8-14-15-10-23-20(25-13-6-7-13)27-17(15)19(24-12-4-5-12)26-16(14)9-11/h3,8-10,12-13H,4-7,22H2,1-2H3,(H,24,26)(H,23,25,27). The van der Waals surface area contributed by atoms with E-state index in [0.717, 1.165) is 40.5 Å². The molecule has 0 radical (unpaired) electrons. The Morgan fingerprint density at radius 1 is 1.07 bits per heavy atom. The van der Waals surface area contributed by atoms with Crippen LogP contribution in [0.5, 0.6) is 0 Å². The van der Waals surface area contributed by atoms with E-state index in [2.05, 4.69) is 15.6 Å². The van der Waals surface area contributed by atoms with Gasteiger partial charge in [-0.25, -0.2) is 15.0 Å². The Balaban J connectivity index is 1.66. The zero-order chi connectivity index (χ0) is 19.5. The Labute approximate surface area is 163 Å². The molecule has 0 spiro atoms. The quantitative estimate of drug-likeness (QED) is 0.448. The summed E-state index contributed by atoms with van der Waals surface area (Å²) in [5.41, 5.74) is 7.21. The highest BCUT2D eigenvalue weighted by Crippen LogP contribution is 2.33. The highest BCUT2D eigenvalue weighted by molar-refractivity contribution is 6.11. The molecule has 0 bridgehead atoms. The van der Waals surface area contributed by atoms with Gasteiger partial charge in [-0.15, -0.1) is 0 Å². The van der Waals surface area contributed by atoms with Gasteiger partial charge in [0.25, 0.3) is 0 Å². The molecule has 2 saturated carbocycles. The molecule has 28 heavy (non-hydrogen) atoms. The Morgan fingerprint density at radius 3 is 2.46 bits per heavy atom. The SMILES string of the molecule is CC(C)(N)C(=O)c1ccc2c(c1)nc(NC1CC1)c1nc(NC3CC3)ncc12. The topological polar surface area (TPSA) is 106 Å². The van der Waals surface area contributed by atoms with E-state index < -0.39 is 5.54 Å². The van der Waals surface area contributed by atoms with E-state index in [-0.39, 0.29) is 5.78 Å². The van der Waals surface area contributed by atoms with Crippen molar-refractivity contribution in [2.24, 2.45) is 5.73 Å². The first kappa shape index (κ1) is 17.3. The molecule has 0 atom stereocenters. The second-order valence-electron chi connectivity index (χ2n) is 8.54. The maximum Gasteiger partial charge on any atom is 0.223 e. The number of nitrogens with one attached hydrogen (secondary N) is 2. The monoisotopic (exact) mass is 376 g/mol. The molecular weight excluding hydrogens is 352 g/mol. The number of carbonyl (C=O) groups is 1. The first-order valence-electron chi connectivity index (χ1n) is 9.86. The van der Waals surface area contributed by atoms with E-state index in [0.29, 0.717) is 23.6 Å². The van der Waals surface area contributed by atoms with Crippen molar-refractivity contribution in [3.05, 3.63) is 30.0 Å². The van der Waals surface area contributed by atoms with Gasteiger partial charge >= 0.3 is 0 Å². The molecular formula is C21H24N6O. The number of carbonyl (C=O) groups excluding carboxylic acids is 1. The van der Waals surface area contributed by atoms with E-state index in [1.807, 2.05) is 24.4 Å². The van der Waals surface area contributed by atoms with Gasteiger partial charge in [-0.2, -0.15) is 0 Å². The zero-order valence-electron chi connectivity index (χ0n) is 16.1. The number of hydrogen-bond acceptors (Lipinski definition) is 7. The van der Waals surface area contributed by atoms with E-state index in [1.165, 1.54) is 12.8 Å². The van der Waals surface area contributed by atoms with Crippen molar-refractivity contribution >= 4 is 39.4 Å². The Morgan fingerprint density at radius 2 is 1.79 bits per heavy atom. The van der Waals surface area contributed by atoms with Gasteiger partial charge < -0.3 is 16.4 Å². The third kappa shape index (κ3) is 3.26. The van der Waals surface area contributed by atoms with Crippen LogP contribution in [0.25, 0.3) is 21.8 Å². The number of hydrogen-bond donors (Lipinski definition) is 3. The normalized spacial score (nSPS) is 17.1. The highest BCUT2D eigenvalue weighted by Gasteiger charge is 2.26. The molecule has 2 aliphatic rings. The molecule has 7 heteroatoms. The molecule has 0 amide bonds. The van der Waals surface area contributed by atoms with E-state index >= 15 is 0 Å². The molecule has 5 rings (SSSR count). The lowest BCUT2D eigenvalue weighted by Crippen LogP contribution is -2.41. The number of fused-ring (bicyclic) bond motifs is 3. The molecule has 4 N–H and O–H groups in total. The maximum atomic E-state index is 12.6. The molecule has 0 aliphatic heterocycles. The summed E-state index contributed by atoms with van der Waals surface area (Å²) in [5.74, 6) is 1.29. The van der Waals surface area contributed by atoms with Crippen LogP contribution in [-0.2, 0) is 0 Å². The zero-order valence-corrected chi connectivity index (χ0v) is 16.1. The second-order valence-corrected chi connectivity index (χ2v) is 8.54. The molecule has 3 aromatic rings. The first-order chi connectivity index (χ1) is 13.4. The van der Waals surface area contributed by atoms with Crippen LogP contribution in [0.1, 0.15) is 49.9 Å². The van der Waals surface area contributed by atoms with Crippen molar-refractivity contribution in [2.75, 3.05) is 10.6 Å². The maximum absolute atomic E-state index is 12.6. The lowest BCUT2D eigenvalue weighted by Gasteiger charge is -2.17. The molecule has 2 aromatic heterocycles. The average Bonchev–Trinajstić information content (AvgIpc) is 3.57. The summed E-state index contributed by atoms with van der Waals surface area (Å²) in [6.07, 6.45) is 6.46. The number of benzene rings is 1. The second kappa shape index (κ2) is 6.10. The summed E-state index contributed by atoms with van der Waals surface area (Å²) in [7, 11) is 0. The number of anilines is 2. The van der Waals surface area contributed by atoms with Crippen molar-refractivity contribution in [2.45, 2.75) is 57.2 Å². The first-order valence-corrected chi connectivity index (χ1v) is 9.86. The molecule has 2 heterocycles. The highest BCUT2D eigenvalue weighted by atomic mass is 16.1. The predicted molar refractivity (Wildman–Crippen MR) is 111 cm³/mol. The predicted octanol–water partition coefficient (Wildman–Crippen LogP) is 3.25. The van der Waals surface area contributed by atoms with Gasteiger partial charge in [0.1, 0.15) is 5.52 Å². The molecule has 2 aliphatic carbocycles. The summed E-state index contributed by atoms with van der Waals surface area (Å²) in [6, 6.07) is 6.47. The van der Waals surface area contributed by atoms with Crippen molar-refractivity contribution in [1.82, 2.24) is 15.0 Å². The minimum atomic E-state index is -0.924. The van der Waals surface area contributed by atoms with Gasteiger partial charge in [-0.1, -0.05) is 12.1 Å². The number of rotatable bonds is 6. The van der Waals surface area contributed by atoms with Gasteiger partial charge in [0.05, 0.1) is 11.1 Å². The minimum absolute atomic E-state index is 0.103. The van der Waals surface area contributed by atoms with Gasteiger partial charge in [0.2, 0.25) is 5.95 Å². The lowest BCUT2D eigenvalue weighted by atomic mass is 9.93. The Hall–Kier alpha value is -2.80. The lowest BCUT2D eigenvalue weighted by molar-refractivity contribution is 0.0913. The molecule has 1 aromatic carbocycles. The van der Waals surface area contributed by atoms with Gasteiger partial charge in [-0.05, 0) is 45.6 Å². The molecule has 7 nitrogen and oxygen atoms in total. The Kier molecular flexibility index (Phi) is 3.77. The van der Waals surface area contributed by atoms with Gasteiger partial charge in [0, 0.05) is 34.6 Å². The van der Waals surface area contributed by atoms with Crippen LogP contribution in [0.15, 0.2) is 24.4 Å². The van der Waals surface area contributed by atoms with Crippen molar-refractivity contribution in [1.29, 1.82) is 0 Å². The molecule has 144 valence electrons. The van der Waals surface area contributed by atoms with E-state index in [1.54, 1.807) is 13.8 Å². The number of nitrogens with zero attached hydrogens (tertiary/aromatic N) is 3. The summed E-state index contributed by atoms with van der Waals surface area (Å²) in [5, 5.41) is 8.71. The van der Waals surface area contributed by atoms with Crippen LogP contribution in [0.4, 0.5) is 11.8 Å². The summed E-state index contributed by atoms with van der Waals surface area (Å²) < 4.78 is 0. The fourth-order valence-electron chi connectivity index (χ4n) is 3.30. The largest absolute Gasteiger partial charge is 0.366 e. The smallest absolute Gasteiger partial charge is 0.223 e. The third-order valence-electron chi connectivity index (χ3n) is 5.21. The van der Waals surface area contributed by atoms with Crippen LogP contribution in [0.3, 0.4) is 0 Å². The average molecular weight is 376 g/mol. The number of nitrogens with two attached hydrogens (primary N) is 1. The van der Waals surface area contributed by atoms with Crippen LogP contribution in [-0.4, -0.2) is 38.4 Å². The van der Waals surface area contributed by atoms with Gasteiger partial charge in [-0.3, -0.25) is 4.79 Å². The van der Waals surface area contributed by atoms with Crippen molar-refractivity contribution in [3.8, 4) is 0 Å². The number of ketones is 1. The van der Waals surface area contributed by atoms with Crippen LogP contribution in [0, 0.1) is 0 Å². The minimum Gasteiger partial charge on any atom is -0.366 e. The van der Waals surface area contributed by atoms with Crippen LogP contribution >= 0.6 is 0 Å². The summed E-state index contributed by atoms with van der Waals surface area (Å²) in [6.45, 7) is 3.44. The van der Waals surface area contributed by atoms with E-state index in [4.69, 9.17) is 15.7 Å².